The Hall–Kier alpha value is -3.61. The summed E-state index contributed by atoms with van der Waals surface area (Å²) in [4.78, 5) is 26.5. The van der Waals surface area contributed by atoms with Crippen molar-refractivity contribution >= 4 is 51.7 Å². The molecule has 0 saturated heterocycles. The van der Waals surface area contributed by atoms with E-state index in [1.54, 1.807) is 17.0 Å². The molecular formula is C25H23ClN4O2. The molecule has 4 rings (SSSR count). The van der Waals surface area contributed by atoms with Crippen LogP contribution in [0.2, 0.25) is 5.02 Å². The van der Waals surface area contributed by atoms with Gasteiger partial charge in [-0.15, -0.1) is 0 Å². The van der Waals surface area contributed by atoms with Crippen molar-refractivity contribution in [1.29, 1.82) is 0 Å². The maximum Gasteiger partial charge on any atom is 0.258 e. The molecule has 32 heavy (non-hydrogen) atoms. The van der Waals surface area contributed by atoms with Gasteiger partial charge >= 0.3 is 0 Å². The highest BCUT2D eigenvalue weighted by atomic mass is 35.5. The van der Waals surface area contributed by atoms with Crippen LogP contribution >= 0.6 is 11.6 Å². The first-order valence-corrected chi connectivity index (χ1v) is 10.6. The molecule has 0 aromatic heterocycles. The lowest BCUT2D eigenvalue weighted by Crippen LogP contribution is -2.33. The highest BCUT2D eigenvalue weighted by Crippen LogP contribution is 2.38. The number of nitrogens with zero attached hydrogens (tertiary/aromatic N) is 1. The predicted octanol–water partition coefficient (Wildman–Crippen LogP) is 4.58. The van der Waals surface area contributed by atoms with E-state index >= 15 is 0 Å². The molecule has 0 unspecified atom stereocenters. The smallest absolute Gasteiger partial charge is 0.258 e. The molecule has 1 aliphatic rings. The van der Waals surface area contributed by atoms with Crippen LogP contribution in [0, 0.1) is 0 Å². The quantitative estimate of drug-likeness (QED) is 0.483. The zero-order chi connectivity index (χ0) is 22.7. The molecule has 162 valence electrons. The molecule has 1 aliphatic heterocycles. The summed E-state index contributed by atoms with van der Waals surface area (Å²) in [7, 11) is 0. The molecule has 6 nitrogen and oxygen atoms in total. The van der Waals surface area contributed by atoms with E-state index < -0.39 is 0 Å². The lowest BCUT2D eigenvalue weighted by Gasteiger charge is -2.21. The minimum Gasteiger partial charge on any atom is -0.354 e. The van der Waals surface area contributed by atoms with Crippen molar-refractivity contribution in [1.82, 2.24) is 0 Å². The van der Waals surface area contributed by atoms with E-state index in [1.165, 1.54) is 6.92 Å². The van der Waals surface area contributed by atoms with Gasteiger partial charge in [-0.05, 0) is 42.0 Å². The number of fused-ring (bicyclic) bond motifs is 1. The van der Waals surface area contributed by atoms with E-state index in [4.69, 9.17) is 17.3 Å². The largest absolute Gasteiger partial charge is 0.354 e. The van der Waals surface area contributed by atoms with Crippen LogP contribution in [0.1, 0.15) is 18.1 Å². The summed E-state index contributed by atoms with van der Waals surface area (Å²) in [6, 6.07) is 22.5. The third-order valence-electron chi connectivity index (χ3n) is 5.22. The Balaban J connectivity index is 1.75. The topological polar surface area (TPSA) is 87.5 Å². The fraction of sp³-hybridized carbons (Fsp3) is 0.120. The Morgan fingerprint density at radius 3 is 2.44 bits per heavy atom. The summed E-state index contributed by atoms with van der Waals surface area (Å²) >= 11 is 6.11. The van der Waals surface area contributed by atoms with Gasteiger partial charge in [0.05, 0.1) is 17.0 Å². The van der Waals surface area contributed by atoms with Crippen LogP contribution in [-0.2, 0) is 9.59 Å². The van der Waals surface area contributed by atoms with Gasteiger partial charge in [-0.3, -0.25) is 9.59 Å². The molecule has 2 amide bonds. The Labute approximate surface area is 191 Å². The molecule has 0 aliphatic carbocycles. The summed E-state index contributed by atoms with van der Waals surface area (Å²) in [5, 5.41) is 6.86. The lowest BCUT2D eigenvalue weighted by atomic mass is 10.00. The highest BCUT2D eigenvalue weighted by Gasteiger charge is 2.28. The molecule has 3 aromatic rings. The van der Waals surface area contributed by atoms with Crippen molar-refractivity contribution in [2.45, 2.75) is 6.92 Å². The van der Waals surface area contributed by atoms with Crippen molar-refractivity contribution in [3.63, 3.8) is 0 Å². The highest BCUT2D eigenvalue weighted by molar-refractivity contribution is 6.38. The zero-order valence-corrected chi connectivity index (χ0v) is 18.3. The van der Waals surface area contributed by atoms with Crippen LogP contribution < -0.4 is 21.3 Å². The average molecular weight is 447 g/mol. The van der Waals surface area contributed by atoms with Gasteiger partial charge in [0, 0.05) is 42.0 Å². The third kappa shape index (κ3) is 4.37. The second-order valence-electron chi connectivity index (χ2n) is 7.39. The molecule has 7 heteroatoms. The van der Waals surface area contributed by atoms with Crippen molar-refractivity contribution in [2.75, 3.05) is 28.6 Å². The number of benzene rings is 3. The van der Waals surface area contributed by atoms with Gasteiger partial charge in [-0.25, -0.2) is 0 Å². The Morgan fingerprint density at radius 1 is 1.06 bits per heavy atom. The summed E-state index contributed by atoms with van der Waals surface area (Å²) in [5.41, 5.74) is 10.8. The second kappa shape index (κ2) is 9.26. The molecule has 3 aromatic carbocycles. The number of hydrogen-bond acceptors (Lipinski definition) is 4. The van der Waals surface area contributed by atoms with Crippen molar-refractivity contribution < 1.29 is 9.59 Å². The van der Waals surface area contributed by atoms with Gasteiger partial charge in [0.1, 0.15) is 0 Å². The van der Waals surface area contributed by atoms with Crippen molar-refractivity contribution in [3.8, 4) is 0 Å². The standard InChI is InChI=1S/C25H23ClN4O2/c1-16(31)30(14-13-27)20-10-8-19(9-11-20)28-24(17-5-3-2-4-6-17)23-21-12-7-18(26)15-22(21)29-25(23)32/h2-12,15,28H,13-14,27H2,1H3,(H,29,32)/b24-23-. The molecule has 4 N–H and O–H groups in total. The number of nitrogens with two attached hydrogens (primary N) is 1. The van der Waals surface area contributed by atoms with Crippen LogP contribution in [-0.4, -0.2) is 24.9 Å². The van der Waals surface area contributed by atoms with Gasteiger partial charge in [0.25, 0.3) is 5.91 Å². The van der Waals surface area contributed by atoms with Crippen LogP contribution in [0.4, 0.5) is 17.1 Å². The normalized spacial score (nSPS) is 13.9. The van der Waals surface area contributed by atoms with Crippen molar-refractivity contribution in [2.24, 2.45) is 5.73 Å². The predicted molar refractivity (Wildman–Crippen MR) is 130 cm³/mol. The lowest BCUT2D eigenvalue weighted by molar-refractivity contribution is -0.116. The average Bonchev–Trinajstić information content (AvgIpc) is 3.11. The van der Waals surface area contributed by atoms with E-state index in [1.807, 2.05) is 60.7 Å². The molecule has 0 bridgehead atoms. The molecular weight excluding hydrogens is 424 g/mol. The van der Waals surface area contributed by atoms with E-state index in [0.717, 1.165) is 22.5 Å². The summed E-state index contributed by atoms with van der Waals surface area (Å²) in [6.07, 6.45) is 0. The van der Waals surface area contributed by atoms with Crippen LogP contribution in [0.15, 0.2) is 72.8 Å². The monoisotopic (exact) mass is 446 g/mol. The number of nitrogens with one attached hydrogen (secondary N) is 2. The third-order valence-corrected chi connectivity index (χ3v) is 5.45. The Morgan fingerprint density at radius 2 is 1.78 bits per heavy atom. The fourth-order valence-electron chi connectivity index (χ4n) is 3.74. The fourth-order valence-corrected chi connectivity index (χ4v) is 3.92. The van der Waals surface area contributed by atoms with Crippen LogP contribution in [0.25, 0.3) is 11.3 Å². The summed E-state index contributed by atoms with van der Waals surface area (Å²) in [5.74, 6) is -0.267. The van der Waals surface area contributed by atoms with Gasteiger partial charge < -0.3 is 21.3 Å². The first kappa shape index (κ1) is 21.6. The first-order chi connectivity index (χ1) is 15.5. The number of anilines is 3. The molecule has 0 saturated carbocycles. The molecule has 1 heterocycles. The van der Waals surface area contributed by atoms with E-state index in [2.05, 4.69) is 10.6 Å². The Bertz CT molecular complexity index is 1190. The molecule has 0 radical (unpaired) electrons. The first-order valence-electron chi connectivity index (χ1n) is 10.2. The summed E-state index contributed by atoms with van der Waals surface area (Å²) < 4.78 is 0. The number of amides is 2. The van der Waals surface area contributed by atoms with Crippen LogP contribution in [0.3, 0.4) is 0 Å². The number of rotatable bonds is 6. The SMILES string of the molecule is CC(=O)N(CCN)c1ccc(N/C(=C2\C(=O)Nc3cc(Cl)ccc32)c2ccccc2)cc1. The molecule has 0 fully saturated rings. The minimum atomic E-state index is -0.198. The van der Waals surface area contributed by atoms with E-state index in [-0.39, 0.29) is 11.8 Å². The minimum absolute atomic E-state index is 0.0684. The van der Waals surface area contributed by atoms with Gasteiger partial charge in [-0.1, -0.05) is 48.0 Å². The number of carbonyl (C=O) groups is 2. The summed E-state index contributed by atoms with van der Waals surface area (Å²) in [6.45, 7) is 2.34. The number of carbonyl (C=O) groups excluding carboxylic acids is 2. The Kier molecular flexibility index (Phi) is 6.25. The maximum absolute atomic E-state index is 12.9. The van der Waals surface area contributed by atoms with Gasteiger partial charge in [0.15, 0.2) is 0 Å². The van der Waals surface area contributed by atoms with E-state index in [0.29, 0.717) is 35.1 Å². The molecule has 0 atom stereocenters. The number of hydrogen-bond donors (Lipinski definition) is 3. The van der Waals surface area contributed by atoms with Gasteiger partial charge in [-0.2, -0.15) is 0 Å². The second-order valence-corrected chi connectivity index (χ2v) is 7.83. The maximum atomic E-state index is 12.9. The van der Waals surface area contributed by atoms with E-state index in [9.17, 15) is 9.59 Å². The molecule has 0 spiro atoms. The van der Waals surface area contributed by atoms with Crippen molar-refractivity contribution in [3.05, 3.63) is 88.9 Å². The van der Waals surface area contributed by atoms with Crippen LogP contribution in [0.5, 0.6) is 0 Å². The van der Waals surface area contributed by atoms with Gasteiger partial charge in [0.2, 0.25) is 5.91 Å². The number of halogens is 1. The zero-order valence-electron chi connectivity index (χ0n) is 17.6.